The normalized spacial score (nSPS) is 16.3. The second kappa shape index (κ2) is 3.83. The van der Waals surface area contributed by atoms with Gasteiger partial charge in [0.1, 0.15) is 0 Å². The molecule has 4 nitrogen and oxygen atoms in total. The second-order valence-electron chi connectivity index (χ2n) is 3.75. The summed E-state index contributed by atoms with van der Waals surface area (Å²) in [4.78, 5) is 0. The molecule has 3 N–H and O–H groups in total. The summed E-state index contributed by atoms with van der Waals surface area (Å²) in [6.07, 6.45) is 1.55. The zero-order chi connectivity index (χ0) is 10.9. The van der Waals surface area contributed by atoms with E-state index >= 15 is 0 Å². The molecule has 1 aromatic rings. The Balaban J connectivity index is 2.10. The monoisotopic (exact) mass is 226 g/mol. The van der Waals surface area contributed by atoms with Gasteiger partial charge in [0.15, 0.2) is 0 Å². The van der Waals surface area contributed by atoms with Crippen molar-refractivity contribution >= 4 is 15.7 Å². The van der Waals surface area contributed by atoms with Gasteiger partial charge in [-0.1, -0.05) is 12.1 Å². The van der Waals surface area contributed by atoms with Gasteiger partial charge in [-0.15, -0.1) is 0 Å². The summed E-state index contributed by atoms with van der Waals surface area (Å²) in [6.45, 7) is 0.468. The van der Waals surface area contributed by atoms with Crippen LogP contribution in [0.5, 0.6) is 0 Å². The molecule has 0 heterocycles. The largest absolute Gasteiger partial charge is 0.326 e. The molecular formula is C10H14N2O2S. The summed E-state index contributed by atoms with van der Waals surface area (Å²) in [6, 6.07) is 7.12. The van der Waals surface area contributed by atoms with Crippen LogP contribution in [0.1, 0.15) is 18.4 Å². The average molecular weight is 226 g/mol. The van der Waals surface area contributed by atoms with Crippen LogP contribution in [0.25, 0.3) is 0 Å². The van der Waals surface area contributed by atoms with Crippen LogP contribution in [0.4, 0.5) is 5.69 Å². The molecule has 0 amide bonds. The second-order valence-corrected chi connectivity index (χ2v) is 5.71. The highest BCUT2D eigenvalue weighted by Gasteiger charge is 2.35. The molecule has 0 saturated heterocycles. The number of benzene rings is 1. The molecular weight excluding hydrogens is 212 g/mol. The molecule has 1 aromatic carbocycles. The van der Waals surface area contributed by atoms with Crippen LogP contribution in [-0.4, -0.2) is 13.7 Å². The standard InChI is InChI=1S/C10H14N2O2S/c11-7-8-1-3-9(4-2-8)12-15(13,14)10-5-6-10/h1-4,10,12H,5-7,11H2. The first-order chi connectivity index (χ1) is 7.12. The Hall–Kier alpha value is -1.07. The molecule has 82 valence electrons. The molecule has 15 heavy (non-hydrogen) atoms. The molecule has 0 bridgehead atoms. The third kappa shape index (κ3) is 2.49. The predicted molar refractivity (Wildman–Crippen MR) is 59.9 cm³/mol. The fraction of sp³-hybridized carbons (Fsp3) is 0.400. The quantitative estimate of drug-likeness (QED) is 0.806. The Labute approximate surface area is 89.5 Å². The van der Waals surface area contributed by atoms with E-state index in [9.17, 15) is 8.42 Å². The van der Waals surface area contributed by atoms with Gasteiger partial charge in [0, 0.05) is 12.2 Å². The van der Waals surface area contributed by atoms with E-state index in [2.05, 4.69) is 4.72 Å². The molecule has 0 aliphatic heterocycles. The maximum absolute atomic E-state index is 11.6. The molecule has 2 rings (SSSR count). The molecule has 0 atom stereocenters. The smallest absolute Gasteiger partial charge is 0.235 e. The van der Waals surface area contributed by atoms with Crippen molar-refractivity contribution in [3.05, 3.63) is 29.8 Å². The lowest BCUT2D eigenvalue weighted by Gasteiger charge is -2.07. The summed E-state index contributed by atoms with van der Waals surface area (Å²) in [5, 5.41) is -0.188. The zero-order valence-electron chi connectivity index (χ0n) is 8.31. The molecule has 0 unspecified atom stereocenters. The van der Waals surface area contributed by atoms with Crippen LogP contribution in [-0.2, 0) is 16.6 Å². The van der Waals surface area contributed by atoms with Gasteiger partial charge < -0.3 is 5.73 Å². The average Bonchev–Trinajstić information content (AvgIpc) is 3.01. The number of anilines is 1. The third-order valence-electron chi connectivity index (χ3n) is 2.41. The number of nitrogens with two attached hydrogens (primary N) is 1. The van der Waals surface area contributed by atoms with E-state index in [0.717, 1.165) is 18.4 Å². The van der Waals surface area contributed by atoms with Crippen molar-refractivity contribution in [3.8, 4) is 0 Å². The summed E-state index contributed by atoms with van der Waals surface area (Å²) in [7, 11) is -3.14. The van der Waals surface area contributed by atoms with Gasteiger partial charge in [-0.3, -0.25) is 4.72 Å². The first-order valence-corrected chi connectivity index (χ1v) is 6.47. The number of hydrogen-bond donors (Lipinski definition) is 2. The van der Waals surface area contributed by atoms with Crippen LogP contribution in [0.15, 0.2) is 24.3 Å². The van der Waals surface area contributed by atoms with Crippen molar-refractivity contribution in [3.63, 3.8) is 0 Å². The van der Waals surface area contributed by atoms with E-state index in [1.807, 2.05) is 12.1 Å². The van der Waals surface area contributed by atoms with Crippen molar-refractivity contribution in [1.29, 1.82) is 0 Å². The fourth-order valence-electron chi connectivity index (χ4n) is 1.33. The van der Waals surface area contributed by atoms with Crippen molar-refractivity contribution in [2.75, 3.05) is 4.72 Å². The van der Waals surface area contributed by atoms with E-state index in [1.54, 1.807) is 12.1 Å². The first kappa shape index (κ1) is 10.4. The Morgan fingerprint density at radius 2 is 1.87 bits per heavy atom. The Kier molecular flexibility index (Phi) is 2.67. The fourth-order valence-corrected chi connectivity index (χ4v) is 2.72. The van der Waals surface area contributed by atoms with Crippen LogP contribution in [0, 0.1) is 0 Å². The predicted octanol–water partition coefficient (Wildman–Crippen LogP) is 1.05. The van der Waals surface area contributed by atoms with Crippen LogP contribution in [0.3, 0.4) is 0 Å². The Morgan fingerprint density at radius 1 is 1.27 bits per heavy atom. The number of sulfonamides is 1. The Bertz CT molecular complexity index is 435. The summed E-state index contributed by atoms with van der Waals surface area (Å²) >= 11 is 0. The molecule has 0 aromatic heterocycles. The Morgan fingerprint density at radius 3 is 2.33 bits per heavy atom. The summed E-state index contributed by atoms with van der Waals surface area (Å²) in [5.74, 6) is 0. The first-order valence-electron chi connectivity index (χ1n) is 4.92. The molecule has 1 fully saturated rings. The molecule has 1 saturated carbocycles. The highest BCUT2D eigenvalue weighted by Crippen LogP contribution is 2.29. The maximum Gasteiger partial charge on any atom is 0.235 e. The van der Waals surface area contributed by atoms with Crippen LogP contribution >= 0.6 is 0 Å². The molecule has 5 heteroatoms. The molecule has 1 aliphatic rings. The van der Waals surface area contributed by atoms with Crippen LogP contribution < -0.4 is 10.5 Å². The van der Waals surface area contributed by atoms with Gasteiger partial charge in [-0.2, -0.15) is 0 Å². The highest BCUT2D eigenvalue weighted by molar-refractivity contribution is 7.93. The van der Waals surface area contributed by atoms with Gasteiger partial charge in [-0.05, 0) is 30.5 Å². The summed E-state index contributed by atoms with van der Waals surface area (Å²) < 4.78 is 25.7. The number of rotatable bonds is 4. The minimum atomic E-state index is -3.14. The van der Waals surface area contributed by atoms with Crippen molar-refractivity contribution in [2.24, 2.45) is 5.73 Å². The molecule has 0 radical (unpaired) electrons. The van der Waals surface area contributed by atoms with Crippen LogP contribution in [0.2, 0.25) is 0 Å². The van der Waals surface area contributed by atoms with Gasteiger partial charge in [0.05, 0.1) is 5.25 Å². The zero-order valence-corrected chi connectivity index (χ0v) is 9.13. The lowest BCUT2D eigenvalue weighted by Crippen LogP contribution is -2.17. The third-order valence-corrected chi connectivity index (χ3v) is 4.28. The van der Waals surface area contributed by atoms with E-state index in [1.165, 1.54) is 0 Å². The lowest BCUT2D eigenvalue weighted by molar-refractivity contribution is 0.600. The van der Waals surface area contributed by atoms with E-state index in [4.69, 9.17) is 5.73 Å². The van der Waals surface area contributed by atoms with Gasteiger partial charge in [0.25, 0.3) is 0 Å². The molecule has 1 aliphatic carbocycles. The lowest BCUT2D eigenvalue weighted by atomic mass is 10.2. The van der Waals surface area contributed by atoms with Crippen molar-refractivity contribution in [2.45, 2.75) is 24.6 Å². The highest BCUT2D eigenvalue weighted by atomic mass is 32.2. The van der Waals surface area contributed by atoms with E-state index < -0.39 is 10.0 Å². The van der Waals surface area contributed by atoms with Gasteiger partial charge in [0.2, 0.25) is 10.0 Å². The minimum Gasteiger partial charge on any atom is -0.326 e. The van der Waals surface area contributed by atoms with Gasteiger partial charge >= 0.3 is 0 Å². The SMILES string of the molecule is NCc1ccc(NS(=O)(=O)C2CC2)cc1. The van der Waals surface area contributed by atoms with Crippen molar-refractivity contribution < 1.29 is 8.42 Å². The minimum absolute atomic E-state index is 0.188. The molecule has 0 spiro atoms. The maximum atomic E-state index is 11.6. The van der Waals surface area contributed by atoms with Crippen molar-refractivity contribution in [1.82, 2.24) is 0 Å². The summed E-state index contributed by atoms with van der Waals surface area (Å²) in [5.41, 5.74) is 7.05. The topological polar surface area (TPSA) is 72.2 Å². The van der Waals surface area contributed by atoms with E-state index in [0.29, 0.717) is 12.2 Å². The number of nitrogens with one attached hydrogen (secondary N) is 1. The van der Waals surface area contributed by atoms with E-state index in [-0.39, 0.29) is 5.25 Å². The van der Waals surface area contributed by atoms with Gasteiger partial charge in [-0.25, -0.2) is 8.42 Å². The number of hydrogen-bond acceptors (Lipinski definition) is 3.